The van der Waals surface area contributed by atoms with Gasteiger partial charge in [-0.1, -0.05) is 18.2 Å². The number of benzene rings is 2. The number of nitrogens with zero attached hydrogens (tertiary/aromatic N) is 2. The van der Waals surface area contributed by atoms with Gasteiger partial charge in [-0.25, -0.2) is 0 Å². The van der Waals surface area contributed by atoms with Crippen LogP contribution in [0, 0.1) is 6.92 Å². The second-order valence-corrected chi connectivity index (χ2v) is 6.78. The van der Waals surface area contributed by atoms with Gasteiger partial charge in [-0.15, -0.1) is 13.2 Å². The van der Waals surface area contributed by atoms with Gasteiger partial charge in [0.2, 0.25) is 0 Å². The Balaban J connectivity index is 1.53. The van der Waals surface area contributed by atoms with Crippen molar-refractivity contribution in [1.82, 2.24) is 9.80 Å². The number of alkyl halides is 3. The number of aryl methyl sites for hydroxylation is 1. The van der Waals surface area contributed by atoms with Gasteiger partial charge >= 0.3 is 6.36 Å². The molecule has 0 unspecified atom stereocenters. The molecule has 0 spiro atoms. The lowest BCUT2D eigenvalue weighted by Gasteiger charge is -2.35. The number of carbonyl (C=O) groups is 1. The molecule has 0 aliphatic carbocycles. The topological polar surface area (TPSA) is 53.0 Å². The van der Waals surface area contributed by atoms with Gasteiger partial charge < -0.3 is 14.7 Å². The Morgan fingerprint density at radius 2 is 1.71 bits per heavy atom. The van der Waals surface area contributed by atoms with E-state index in [2.05, 4.69) is 9.64 Å². The van der Waals surface area contributed by atoms with Crippen LogP contribution in [0.3, 0.4) is 0 Å². The number of carbonyl (C=O) groups excluding carboxylic acids is 1. The summed E-state index contributed by atoms with van der Waals surface area (Å²) in [5.41, 5.74) is 2.04. The zero-order chi connectivity index (χ0) is 20.3. The van der Waals surface area contributed by atoms with Crippen LogP contribution in [0.15, 0.2) is 42.5 Å². The summed E-state index contributed by atoms with van der Waals surface area (Å²) in [6.45, 7) is 4.72. The monoisotopic (exact) mass is 394 g/mol. The predicted octanol–water partition coefficient (Wildman–Crippen LogP) is 3.56. The number of rotatable bonds is 4. The summed E-state index contributed by atoms with van der Waals surface area (Å²) in [6, 6.07) is 10.8. The fourth-order valence-corrected chi connectivity index (χ4v) is 3.16. The molecule has 1 heterocycles. The molecule has 1 fully saturated rings. The molecule has 1 amide bonds. The van der Waals surface area contributed by atoms with E-state index in [4.69, 9.17) is 0 Å². The van der Waals surface area contributed by atoms with E-state index in [0.717, 1.165) is 11.1 Å². The van der Waals surface area contributed by atoms with Crippen molar-refractivity contribution in [3.63, 3.8) is 0 Å². The van der Waals surface area contributed by atoms with Gasteiger partial charge in [-0.2, -0.15) is 0 Å². The highest BCUT2D eigenvalue weighted by Gasteiger charge is 2.31. The highest BCUT2D eigenvalue weighted by atomic mass is 19.4. The molecule has 28 heavy (non-hydrogen) atoms. The van der Waals surface area contributed by atoms with E-state index in [9.17, 15) is 23.1 Å². The van der Waals surface area contributed by atoms with E-state index in [1.807, 2.05) is 6.92 Å². The summed E-state index contributed by atoms with van der Waals surface area (Å²) in [6.07, 6.45) is -4.70. The predicted molar refractivity (Wildman–Crippen MR) is 97.1 cm³/mol. The van der Waals surface area contributed by atoms with Crippen LogP contribution in [0.4, 0.5) is 13.2 Å². The molecule has 1 aliphatic heterocycles. The average molecular weight is 394 g/mol. The van der Waals surface area contributed by atoms with Crippen molar-refractivity contribution in [3.8, 4) is 11.5 Å². The number of halogens is 3. The molecule has 1 saturated heterocycles. The van der Waals surface area contributed by atoms with E-state index in [0.29, 0.717) is 38.3 Å². The summed E-state index contributed by atoms with van der Waals surface area (Å²) in [7, 11) is 0. The third kappa shape index (κ3) is 5.16. The van der Waals surface area contributed by atoms with E-state index in [1.54, 1.807) is 35.2 Å². The van der Waals surface area contributed by atoms with Crippen molar-refractivity contribution in [2.24, 2.45) is 0 Å². The van der Waals surface area contributed by atoms with Gasteiger partial charge in [0.25, 0.3) is 5.91 Å². The van der Waals surface area contributed by atoms with Gasteiger partial charge in [-0.05, 0) is 42.3 Å². The number of amides is 1. The minimum atomic E-state index is -4.70. The Hall–Kier alpha value is -2.74. The Kier molecular flexibility index (Phi) is 5.79. The zero-order valence-electron chi connectivity index (χ0n) is 15.4. The minimum Gasteiger partial charge on any atom is -0.507 e. The van der Waals surface area contributed by atoms with Gasteiger partial charge in [0.15, 0.2) is 0 Å². The second kappa shape index (κ2) is 8.10. The lowest BCUT2D eigenvalue weighted by Crippen LogP contribution is -2.48. The SMILES string of the molecule is Cc1ccc(C(=O)N2CCN(Cc3ccc(OC(F)(F)F)cc3)CC2)c(O)c1. The van der Waals surface area contributed by atoms with Crippen LogP contribution in [-0.2, 0) is 6.54 Å². The van der Waals surface area contributed by atoms with E-state index in [-0.39, 0.29) is 17.4 Å². The summed E-state index contributed by atoms with van der Waals surface area (Å²) in [5, 5.41) is 9.99. The third-order valence-corrected chi connectivity index (χ3v) is 4.61. The molecular formula is C20H21F3N2O3. The summed E-state index contributed by atoms with van der Waals surface area (Å²) < 4.78 is 40.5. The summed E-state index contributed by atoms with van der Waals surface area (Å²) >= 11 is 0. The van der Waals surface area contributed by atoms with Crippen molar-refractivity contribution in [1.29, 1.82) is 0 Å². The molecule has 3 rings (SSSR count). The van der Waals surface area contributed by atoms with Gasteiger partial charge in [0.05, 0.1) is 5.56 Å². The molecule has 0 aromatic heterocycles. The highest BCUT2D eigenvalue weighted by molar-refractivity contribution is 5.97. The van der Waals surface area contributed by atoms with Gasteiger partial charge in [0.1, 0.15) is 11.5 Å². The second-order valence-electron chi connectivity index (χ2n) is 6.78. The number of piperazine rings is 1. The number of hydrogen-bond donors (Lipinski definition) is 1. The van der Waals surface area contributed by atoms with Crippen LogP contribution < -0.4 is 4.74 Å². The van der Waals surface area contributed by atoms with Crippen LogP contribution in [0.2, 0.25) is 0 Å². The van der Waals surface area contributed by atoms with Crippen molar-refractivity contribution in [3.05, 3.63) is 59.2 Å². The Morgan fingerprint density at radius 3 is 2.29 bits per heavy atom. The molecule has 150 valence electrons. The molecule has 2 aromatic rings. The smallest absolute Gasteiger partial charge is 0.507 e. The number of aromatic hydroxyl groups is 1. The summed E-state index contributed by atoms with van der Waals surface area (Å²) in [4.78, 5) is 16.4. The Bertz CT molecular complexity index is 830. The number of ether oxygens (including phenoxy) is 1. The first-order valence-corrected chi connectivity index (χ1v) is 8.87. The molecule has 0 radical (unpaired) electrons. The van der Waals surface area contributed by atoms with Crippen LogP contribution in [0.5, 0.6) is 11.5 Å². The lowest BCUT2D eigenvalue weighted by atomic mass is 10.1. The first kappa shape index (κ1) is 20.0. The molecule has 1 aliphatic rings. The van der Waals surface area contributed by atoms with E-state index < -0.39 is 6.36 Å². The normalized spacial score (nSPS) is 15.5. The average Bonchev–Trinajstić information content (AvgIpc) is 2.62. The Labute approximate surface area is 160 Å². The van der Waals surface area contributed by atoms with Crippen molar-refractivity contribution < 1.29 is 27.8 Å². The lowest BCUT2D eigenvalue weighted by molar-refractivity contribution is -0.274. The van der Waals surface area contributed by atoms with E-state index >= 15 is 0 Å². The number of phenols is 1. The number of hydrogen-bond acceptors (Lipinski definition) is 4. The van der Waals surface area contributed by atoms with E-state index in [1.165, 1.54) is 12.1 Å². The first-order valence-electron chi connectivity index (χ1n) is 8.87. The maximum Gasteiger partial charge on any atom is 0.573 e. The quantitative estimate of drug-likeness (QED) is 0.862. The van der Waals surface area contributed by atoms with Crippen LogP contribution in [-0.4, -0.2) is 53.4 Å². The molecule has 0 atom stereocenters. The zero-order valence-corrected chi connectivity index (χ0v) is 15.4. The van der Waals surface area contributed by atoms with Crippen molar-refractivity contribution in [2.45, 2.75) is 19.8 Å². The van der Waals surface area contributed by atoms with Crippen LogP contribution in [0.25, 0.3) is 0 Å². The maximum atomic E-state index is 12.6. The minimum absolute atomic E-state index is 0.0198. The first-order chi connectivity index (χ1) is 13.2. The maximum absolute atomic E-state index is 12.6. The fourth-order valence-electron chi connectivity index (χ4n) is 3.16. The standard InChI is InChI=1S/C20H21F3N2O3/c1-14-2-7-17(18(26)12-14)19(27)25-10-8-24(9-11-25)13-15-3-5-16(6-4-15)28-20(21,22)23/h2-7,12,26H,8-11,13H2,1H3. The molecule has 1 N–H and O–H groups in total. The third-order valence-electron chi connectivity index (χ3n) is 4.61. The van der Waals surface area contributed by atoms with Gasteiger partial charge in [0, 0.05) is 32.7 Å². The molecule has 0 saturated carbocycles. The molecule has 5 nitrogen and oxygen atoms in total. The highest BCUT2D eigenvalue weighted by Crippen LogP contribution is 2.24. The van der Waals surface area contributed by atoms with Crippen LogP contribution >= 0.6 is 0 Å². The van der Waals surface area contributed by atoms with Crippen molar-refractivity contribution >= 4 is 5.91 Å². The molecule has 0 bridgehead atoms. The van der Waals surface area contributed by atoms with Gasteiger partial charge in [-0.3, -0.25) is 9.69 Å². The van der Waals surface area contributed by atoms with Crippen LogP contribution in [0.1, 0.15) is 21.5 Å². The molecule has 8 heteroatoms. The molecular weight excluding hydrogens is 373 g/mol. The number of phenolic OH excluding ortho intramolecular Hbond substituents is 1. The largest absolute Gasteiger partial charge is 0.573 e. The Morgan fingerprint density at radius 1 is 1.07 bits per heavy atom. The fraction of sp³-hybridized carbons (Fsp3) is 0.350. The summed E-state index contributed by atoms with van der Waals surface area (Å²) in [5.74, 6) is -0.469. The molecule has 2 aromatic carbocycles. The van der Waals surface area contributed by atoms with Crippen molar-refractivity contribution in [2.75, 3.05) is 26.2 Å².